The summed E-state index contributed by atoms with van der Waals surface area (Å²) in [4.78, 5) is 20.0. The normalized spacial score (nSPS) is 10.5. The van der Waals surface area contributed by atoms with Crippen LogP contribution >= 0.6 is 0 Å². The van der Waals surface area contributed by atoms with Gasteiger partial charge in [0.25, 0.3) is 0 Å². The van der Waals surface area contributed by atoms with E-state index in [-0.39, 0.29) is 6.42 Å². The molecule has 2 aromatic carbocycles. The predicted octanol–water partition coefficient (Wildman–Crippen LogP) is 3.39. The van der Waals surface area contributed by atoms with E-state index < -0.39 is 5.97 Å². The summed E-state index contributed by atoms with van der Waals surface area (Å²) in [6.45, 7) is 0. The third-order valence-electron chi connectivity index (χ3n) is 3.25. The van der Waals surface area contributed by atoms with E-state index in [4.69, 9.17) is 5.11 Å². The summed E-state index contributed by atoms with van der Waals surface area (Å²) in [6, 6.07) is 17.2. The summed E-state index contributed by atoms with van der Waals surface area (Å²) < 4.78 is 0. The van der Waals surface area contributed by atoms with Gasteiger partial charge in [-0.1, -0.05) is 30.3 Å². The first-order valence-corrected chi connectivity index (χ1v) is 7.02. The second-order valence-corrected chi connectivity index (χ2v) is 4.89. The van der Waals surface area contributed by atoms with E-state index >= 15 is 0 Å². The lowest BCUT2D eigenvalue weighted by Gasteiger charge is -2.11. The third-order valence-corrected chi connectivity index (χ3v) is 3.25. The Balaban J connectivity index is 2.00. The summed E-state index contributed by atoms with van der Waals surface area (Å²) in [5.41, 5.74) is 3.09. The molecule has 0 bridgehead atoms. The lowest BCUT2D eigenvalue weighted by molar-refractivity contribution is -0.136. The van der Waals surface area contributed by atoms with E-state index in [9.17, 15) is 4.79 Å². The molecule has 0 fully saturated rings. The van der Waals surface area contributed by atoms with Gasteiger partial charge in [0.05, 0.1) is 23.1 Å². The Hall–Kier alpha value is -2.95. The molecule has 0 amide bonds. The number of carboxylic acid groups (broad SMARTS) is 1. The maximum absolute atomic E-state index is 10.8. The zero-order chi connectivity index (χ0) is 15.4. The highest BCUT2D eigenvalue weighted by Gasteiger charge is 2.11. The van der Waals surface area contributed by atoms with Crippen LogP contribution in [0.1, 0.15) is 12.1 Å². The lowest BCUT2D eigenvalue weighted by atomic mass is 10.2. The molecule has 0 saturated carbocycles. The van der Waals surface area contributed by atoms with Gasteiger partial charge in [0, 0.05) is 12.1 Å². The fraction of sp³-hybridized carbons (Fsp3) is 0.118. The van der Waals surface area contributed by atoms with Crippen molar-refractivity contribution in [2.45, 2.75) is 12.8 Å². The largest absolute Gasteiger partial charge is 0.481 e. The molecule has 0 unspecified atom stereocenters. The monoisotopic (exact) mass is 293 g/mol. The maximum Gasteiger partial charge on any atom is 0.303 e. The predicted molar refractivity (Wildman–Crippen MR) is 85.2 cm³/mol. The smallest absolute Gasteiger partial charge is 0.303 e. The quantitative estimate of drug-likeness (QED) is 0.754. The van der Waals surface area contributed by atoms with Gasteiger partial charge in [0.2, 0.25) is 0 Å². The highest BCUT2D eigenvalue weighted by molar-refractivity contribution is 5.77. The van der Waals surface area contributed by atoms with E-state index in [0.717, 1.165) is 16.7 Å². The van der Waals surface area contributed by atoms with Crippen LogP contribution in [0.3, 0.4) is 0 Å². The van der Waals surface area contributed by atoms with E-state index in [2.05, 4.69) is 15.3 Å². The molecule has 3 aromatic rings. The molecule has 22 heavy (non-hydrogen) atoms. The highest BCUT2D eigenvalue weighted by Crippen LogP contribution is 2.22. The number of hydrogen-bond acceptors (Lipinski definition) is 4. The van der Waals surface area contributed by atoms with E-state index in [0.29, 0.717) is 17.9 Å². The number of rotatable bonds is 5. The first-order chi connectivity index (χ1) is 10.7. The van der Waals surface area contributed by atoms with Crippen LogP contribution < -0.4 is 5.32 Å². The van der Waals surface area contributed by atoms with E-state index in [1.165, 1.54) is 0 Å². The topological polar surface area (TPSA) is 75.1 Å². The van der Waals surface area contributed by atoms with Crippen LogP contribution in [0, 0.1) is 0 Å². The molecule has 1 aromatic heterocycles. The van der Waals surface area contributed by atoms with Crippen LogP contribution in [0.5, 0.6) is 0 Å². The van der Waals surface area contributed by atoms with Crippen LogP contribution in [0.4, 0.5) is 11.5 Å². The van der Waals surface area contributed by atoms with Crippen molar-refractivity contribution in [3.05, 3.63) is 60.3 Å². The molecule has 0 aliphatic heterocycles. The van der Waals surface area contributed by atoms with Crippen molar-refractivity contribution in [3.63, 3.8) is 0 Å². The Morgan fingerprint density at radius 1 is 0.955 bits per heavy atom. The van der Waals surface area contributed by atoms with Gasteiger partial charge in [-0.15, -0.1) is 0 Å². The fourth-order valence-corrected chi connectivity index (χ4v) is 2.19. The molecule has 0 aliphatic rings. The standard InChI is InChI=1S/C17H15N3O2/c21-16(22)11-10-15-17(18-12-6-2-1-3-7-12)20-14-9-5-4-8-13(14)19-15/h1-9H,10-11H2,(H,18,20)(H,21,22). The van der Waals surface area contributed by atoms with Crippen molar-refractivity contribution in [1.82, 2.24) is 9.97 Å². The Bertz CT molecular complexity index is 803. The SMILES string of the molecule is O=C(O)CCc1nc2ccccc2nc1Nc1ccccc1. The number of aromatic nitrogens is 2. The van der Waals surface area contributed by atoms with E-state index in [1.807, 2.05) is 54.6 Å². The number of aliphatic carboxylic acids is 1. The van der Waals surface area contributed by atoms with Gasteiger partial charge in [-0.2, -0.15) is 0 Å². The minimum atomic E-state index is -0.847. The number of nitrogens with one attached hydrogen (secondary N) is 1. The van der Waals surface area contributed by atoms with Gasteiger partial charge in [0.15, 0.2) is 5.82 Å². The molecule has 0 atom stereocenters. The number of para-hydroxylation sites is 3. The van der Waals surface area contributed by atoms with Crippen molar-refractivity contribution in [1.29, 1.82) is 0 Å². The zero-order valence-electron chi connectivity index (χ0n) is 11.9. The third kappa shape index (κ3) is 3.20. The number of fused-ring (bicyclic) bond motifs is 1. The molecule has 5 nitrogen and oxygen atoms in total. The van der Waals surface area contributed by atoms with Crippen molar-refractivity contribution >= 4 is 28.5 Å². The van der Waals surface area contributed by atoms with Gasteiger partial charge < -0.3 is 10.4 Å². The average Bonchev–Trinajstić information content (AvgIpc) is 2.53. The van der Waals surface area contributed by atoms with Crippen molar-refractivity contribution in [2.24, 2.45) is 0 Å². The first-order valence-electron chi connectivity index (χ1n) is 7.02. The minimum Gasteiger partial charge on any atom is -0.481 e. The summed E-state index contributed by atoms with van der Waals surface area (Å²) in [7, 11) is 0. The van der Waals surface area contributed by atoms with Gasteiger partial charge in [-0.3, -0.25) is 4.79 Å². The zero-order valence-corrected chi connectivity index (χ0v) is 11.9. The number of hydrogen-bond donors (Lipinski definition) is 2. The molecule has 0 aliphatic carbocycles. The molecule has 0 radical (unpaired) electrons. The molecule has 1 heterocycles. The Morgan fingerprint density at radius 2 is 1.59 bits per heavy atom. The molecule has 110 valence electrons. The average molecular weight is 293 g/mol. The highest BCUT2D eigenvalue weighted by atomic mass is 16.4. The van der Waals surface area contributed by atoms with E-state index in [1.54, 1.807) is 0 Å². The second kappa shape index (κ2) is 6.22. The number of carboxylic acids is 1. The van der Waals surface area contributed by atoms with Crippen LogP contribution in [-0.2, 0) is 11.2 Å². The molecular formula is C17H15N3O2. The van der Waals surface area contributed by atoms with Gasteiger partial charge >= 0.3 is 5.97 Å². The van der Waals surface area contributed by atoms with Crippen LogP contribution in [0.15, 0.2) is 54.6 Å². The number of carbonyl (C=O) groups is 1. The van der Waals surface area contributed by atoms with Crippen LogP contribution in [-0.4, -0.2) is 21.0 Å². The molecule has 3 rings (SSSR count). The summed E-state index contributed by atoms with van der Waals surface area (Å²) in [5, 5.41) is 12.1. The minimum absolute atomic E-state index is 0.0243. The molecular weight excluding hydrogens is 278 g/mol. The summed E-state index contributed by atoms with van der Waals surface area (Å²) >= 11 is 0. The summed E-state index contributed by atoms with van der Waals surface area (Å²) in [5.74, 6) is -0.244. The van der Waals surface area contributed by atoms with Crippen molar-refractivity contribution in [2.75, 3.05) is 5.32 Å². The van der Waals surface area contributed by atoms with Gasteiger partial charge in [0.1, 0.15) is 0 Å². The Labute approximate surface area is 127 Å². The Morgan fingerprint density at radius 3 is 2.27 bits per heavy atom. The molecule has 0 spiro atoms. The van der Waals surface area contributed by atoms with Crippen molar-refractivity contribution < 1.29 is 9.90 Å². The molecule has 2 N–H and O–H groups in total. The summed E-state index contributed by atoms with van der Waals surface area (Å²) in [6.07, 6.45) is 0.360. The maximum atomic E-state index is 10.8. The van der Waals surface area contributed by atoms with Gasteiger partial charge in [-0.05, 0) is 24.3 Å². The Kier molecular flexibility index (Phi) is 3.96. The lowest BCUT2D eigenvalue weighted by Crippen LogP contribution is -2.05. The number of aryl methyl sites for hydroxylation is 1. The van der Waals surface area contributed by atoms with Crippen molar-refractivity contribution in [3.8, 4) is 0 Å². The number of anilines is 2. The van der Waals surface area contributed by atoms with Crippen LogP contribution in [0.2, 0.25) is 0 Å². The number of benzene rings is 2. The fourth-order valence-electron chi connectivity index (χ4n) is 2.19. The van der Waals surface area contributed by atoms with Crippen LogP contribution in [0.25, 0.3) is 11.0 Å². The molecule has 0 saturated heterocycles. The molecule has 5 heteroatoms. The second-order valence-electron chi connectivity index (χ2n) is 4.89. The first kappa shape index (κ1) is 14.0. The number of nitrogens with zero attached hydrogens (tertiary/aromatic N) is 2. The van der Waals surface area contributed by atoms with Gasteiger partial charge in [-0.25, -0.2) is 9.97 Å².